The molecule has 0 saturated carbocycles. The molecule has 0 aliphatic carbocycles. The van der Waals surface area contributed by atoms with Crippen LogP contribution in [0.25, 0.3) is 11.4 Å². The molecule has 2 aromatic heterocycles. The number of aromatic nitrogens is 3. The molecule has 2 rings (SSSR count). The maximum atomic E-state index is 11.0. The SMILES string of the molecule is CC(C)(CCCCCOc1ccc(-c2ccn[nH]2)nc1)C(=O)O. The zero-order chi connectivity index (χ0) is 16.7. The van der Waals surface area contributed by atoms with Crippen molar-refractivity contribution >= 4 is 5.97 Å². The maximum absolute atomic E-state index is 11.0. The highest BCUT2D eigenvalue weighted by Gasteiger charge is 2.25. The number of nitrogens with one attached hydrogen (secondary N) is 1. The topological polar surface area (TPSA) is 88.1 Å². The Balaban J connectivity index is 1.66. The summed E-state index contributed by atoms with van der Waals surface area (Å²) in [7, 11) is 0. The molecule has 23 heavy (non-hydrogen) atoms. The smallest absolute Gasteiger partial charge is 0.309 e. The Kier molecular flexibility index (Phi) is 5.73. The molecule has 6 nitrogen and oxygen atoms in total. The summed E-state index contributed by atoms with van der Waals surface area (Å²) in [4.78, 5) is 15.3. The molecular weight excluding hydrogens is 294 g/mol. The monoisotopic (exact) mass is 317 g/mol. The third-order valence-electron chi connectivity index (χ3n) is 3.81. The Morgan fingerprint density at radius 2 is 2.09 bits per heavy atom. The van der Waals surface area contributed by atoms with E-state index < -0.39 is 11.4 Å². The van der Waals surface area contributed by atoms with Gasteiger partial charge in [0.05, 0.1) is 29.6 Å². The summed E-state index contributed by atoms with van der Waals surface area (Å²) < 4.78 is 5.65. The molecule has 0 saturated heterocycles. The van der Waals surface area contributed by atoms with Crippen molar-refractivity contribution in [2.45, 2.75) is 39.5 Å². The average Bonchev–Trinajstić information content (AvgIpc) is 3.05. The Labute approximate surface area is 135 Å². The van der Waals surface area contributed by atoms with Gasteiger partial charge in [0.15, 0.2) is 0 Å². The highest BCUT2D eigenvalue weighted by molar-refractivity contribution is 5.73. The lowest BCUT2D eigenvalue weighted by Crippen LogP contribution is -2.23. The average molecular weight is 317 g/mol. The molecule has 0 aromatic carbocycles. The van der Waals surface area contributed by atoms with Gasteiger partial charge in [-0.1, -0.05) is 12.8 Å². The van der Waals surface area contributed by atoms with E-state index in [1.807, 2.05) is 18.2 Å². The zero-order valence-electron chi connectivity index (χ0n) is 13.6. The van der Waals surface area contributed by atoms with Gasteiger partial charge < -0.3 is 9.84 Å². The van der Waals surface area contributed by atoms with Crippen molar-refractivity contribution in [2.75, 3.05) is 6.61 Å². The van der Waals surface area contributed by atoms with Crippen molar-refractivity contribution < 1.29 is 14.6 Å². The third-order valence-corrected chi connectivity index (χ3v) is 3.81. The molecule has 2 aromatic rings. The number of carboxylic acids is 1. The van der Waals surface area contributed by atoms with Crippen LogP contribution in [0.1, 0.15) is 39.5 Å². The summed E-state index contributed by atoms with van der Waals surface area (Å²) in [5.41, 5.74) is 1.05. The molecule has 0 radical (unpaired) electrons. The van der Waals surface area contributed by atoms with Gasteiger partial charge in [-0.2, -0.15) is 5.10 Å². The third kappa shape index (κ3) is 5.09. The minimum absolute atomic E-state index is 0.610. The van der Waals surface area contributed by atoms with Crippen LogP contribution < -0.4 is 4.74 Å². The van der Waals surface area contributed by atoms with E-state index in [1.165, 1.54) is 0 Å². The predicted molar refractivity (Wildman–Crippen MR) is 87.2 cm³/mol. The second-order valence-corrected chi connectivity index (χ2v) is 6.20. The van der Waals surface area contributed by atoms with Gasteiger partial charge in [0.25, 0.3) is 0 Å². The second kappa shape index (κ2) is 7.76. The van der Waals surface area contributed by atoms with Crippen LogP contribution in [0.15, 0.2) is 30.6 Å². The Morgan fingerprint density at radius 3 is 2.70 bits per heavy atom. The standard InChI is InChI=1S/C17H23N3O3/c1-17(2,16(21)22)9-4-3-5-11-23-13-6-7-14(18-12-13)15-8-10-19-20-15/h6-8,10,12H,3-5,9,11H2,1-2H3,(H,19,20)(H,21,22). The van der Waals surface area contributed by atoms with Crippen LogP contribution in [0.4, 0.5) is 0 Å². The second-order valence-electron chi connectivity index (χ2n) is 6.20. The lowest BCUT2D eigenvalue weighted by molar-refractivity contribution is -0.147. The highest BCUT2D eigenvalue weighted by atomic mass is 16.5. The first-order valence-electron chi connectivity index (χ1n) is 7.81. The summed E-state index contributed by atoms with van der Waals surface area (Å²) in [5.74, 6) is -0.00341. The number of carboxylic acid groups (broad SMARTS) is 1. The minimum Gasteiger partial charge on any atom is -0.492 e. The zero-order valence-corrected chi connectivity index (χ0v) is 13.6. The number of pyridine rings is 1. The summed E-state index contributed by atoms with van der Waals surface area (Å²) in [6.45, 7) is 4.13. The molecule has 124 valence electrons. The molecule has 2 N–H and O–H groups in total. The Morgan fingerprint density at radius 1 is 1.26 bits per heavy atom. The van der Waals surface area contributed by atoms with E-state index in [9.17, 15) is 4.79 Å². The fourth-order valence-corrected chi connectivity index (χ4v) is 2.17. The molecule has 0 aliphatic heterocycles. The largest absolute Gasteiger partial charge is 0.492 e. The number of nitrogens with zero attached hydrogens (tertiary/aromatic N) is 2. The van der Waals surface area contributed by atoms with Crippen molar-refractivity contribution in [1.29, 1.82) is 0 Å². The number of aromatic amines is 1. The molecular formula is C17H23N3O3. The van der Waals surface area contributed by atoms with Crippen LogP contribution in [0.5, 0.6) is 5.75 Å². The van der Waals surface area contributed by atoms with Gasteiger partial charge in [0.2, 0.25) is 0 Å². The molecule has 0 spiro atoms. The van der Waals surface area contributed by atoms with Gasteiger partial charge in [-0.05, 0) is 44.9 Å². The van der Waals surface area contributed by atoms with E-state index in [-0.39, 0.29) is 0 Å². The van der Waals surface area contributed by atoms with Gasteiger partial charge >= 0.3 is 5.97 Å². The minimum atomic E-state index is -0.739. The van der Waals surface area contributed by atoms with Crippen LogP contribution in [-0.2, 0) is 4.79 Å². The van der Waals surface area contributed by atoms with E-state index in [2.05, 4.69) is 15.2 Å². The lowest BCUT2D eigenvalue weighted by Gasteiger charge is -2.18. The predicted octanol–water partition coefficient (Wildman–Crippen LogP) is 3.52. The summed E-state index contributed by atoms with van der Waals surface area (Å²) in [5, 5.41) is 15.8. The highest BCUT2D eigenvalue weighted by Crippen LogP contribution is 2.24. The first kappa shape index (κ1) is 17.0. The van der Waals surface area contributed by atoms with E-state index in [0.29, 0.717) is 13.0 Å². The van der Waals surface area contributed by atoms with Crippen molar-refractivity contribution in [1.82, 2.24) is 15.2 Å². The van der Waals surface area contributed by atoms with E-state index in [4.69, 9.17) is 9.84 Å². The van der Waals surface area contributed by atoms with Gasteiger partial charge in [-0.15, -0.1) is 0 Å². The number of unbranched alkanes of at least 4 members (excludes halogenated alkanes) is 2. The lowest BCUT2D eigenvalue weighted by atomic mass is 9.87. The molecule has 0 atom stereocenters. The number of H-pyrrole nitrogens is 1. The normalized spacial score (nSPS) is 11.4. The fourth-order valence-electron chi connectivity index (χ4n) is 2.17. The quantitative estimate of drug-likeness (QED) is 0.691. The van der Waals surface area contributed by atoms with E-state index in [0.717, 1.165) is 36.4 Å². The van der Waals surface area contributed by atoms with Crippen LogP contribution in [0.3, 0.4) is 0 Å². The van der Waals surface area contributed by atoms with Gasteiger partial charge in [-0.25, -0.2) is 0 Å². The van der Waals surface area contributed by atoms with Gasteiger partial charge in [0.1, 0.15) is 5.75 Å². The number of carbonyl (C=O) groups is 1. The maximum Gasteiger partial charge on any atom is 0.309 e. The van der Waals surface area contributed by atoms with Crippen molar-refractivity contribution in [3.63, 3.8) is 0 Å². The molecule has 0 fully saturated rings. The van der Waals surface area contributed by atoms with E-state index in [1.54, 1.807) is 26.2 Å². The number of rotatable bonds is 9. The van der Waals surface area contributed by atoms with Crippen LogP contribution in [0, 0.1) is 5.41 Å². The first-order valence-corrected chi connectivity index (χ1v) is 7.81. The summed E-state index contributed by atoms with van der Waals surface area (Å²) in [6, 6.07) is 5.64. The van der Waals surface area contributed by atoms with Crippen molar-refractivity contribution in [3.8, 4) is 17.1 Å². The van der Waals surface area contributed by atoms with Crippen molar-refractivity contribution in [3.05, 3.63) is 30.6 Å². The van der Waals surface area contributed by atoms with Gasteiger partial charge in [0, 0.05) is 6.20 Å². The molecule has 0 bridgehead atoms. The molecule has 2 heterocycles. The number of ether oxygens (including phenoxy) is 1. The van der Waals surface area contributed by atoms with E-state index >= 15 is 0 Å². The van der Waals surface area contributed by atoms with Crippen molar-refractivity contribution in [2.24, 2.45) is 5.41 Å². The Hall–Kier alpha value is -2.37. The number of hydrogen-bond acceptors (Lipinski definition) is 4. The fraction of sp³-hybridized carbons (Fsp3) is 0.471. The molecule has 6 heteroatoms. The summed E-state index contributed by atoms with van der Waals surface area (Å²) in [6.07, 6.45) is 6.81. The summed E-state index contributed by atoms with van der Waals surface area (Å²) >= 11 is 0. The number of hydrogen-bond donors (Lipinski definition) is 2. The Bertz CT molecular complexity index is 607. The van der Waals surface area contributed by atoms with Crippen LogP contribution >= 0.6 is 0 Å². The molecule has 0 aliphatic rings. The number of aliphatic carboxylic acids is 1. The first-order chi connectivity index (χ1) is 11.0. The van der Waals surface area contributed by atoms with Gasteiger partial charge in [-0.3, -0.25) is 14.9 Å². The van der Waals surface area contributed by atoms with Crippen LogP contribution in [-0.4, -0.2) is 32.9 Å². The van der Waals surface area contributed by atoms with Crippen LogP contribution in [0.2, 0.25) is 0 Å². The molecule has 0 amide bonds. The molecule has 0 unspecified atom stereocenters.